The van der Waals surface area contributed by atoms with Crippen molar-refractivity contribution in [2.75, 3.05) is 13.1 Å². The Morgan fingerprint density at radius 3 is 2.74 bits per heavy atom. The maximum Gasteiger partial charge on any atom is 0.280 e. The maximum absolute atomic E-state index is 13.1. The van der Waals surface area contributed by atoms with Crippen LogP contribution in [0.5, 0.6) is 0 Å². The molecule has 0 bridgehead atoms. The minimum atomic E-state index is -0.510. The zero-order valence-corrected chi connectivity index (χ0v) is 12.0. The summed E-state index contributed by atoms with van der Waals surface area (Å²) in [5, 5.41) is 2.55. The van der Waals surface area contributed by atoms with Crippen molar-refractivity contribution in [2.45, 2.75) is 0 Å². The SMILES string of the molecule is O=C(NCCN1C(=O)c2cccnc2C1=O)c1cccc(F)c1. The van der Waals surface area contributed by atoms with Gasteiger partial charge < -0.3 is 5.32 Å². The van der Waals surface area contributed by atoms with E-state index in [2.05, 4.69) is 10.3 Å². The van der Waals surface area contributed by atoms with E-state index < -0.39 is 23.5 Å². The maximum atomic E-state index is 13.1. The first kappa shape index (κ1) is 14.8. The molecule has 0 spiro atoms. The highest BCUT2D eigenvalue weighted by Gasteiger charge is 2.36. The number of hydrogen-bond donors (Lipinski definition) is 1. The lowest BCUT2D eigenvalue weighted by Crippen LogP contribution is -2.38. The van der Waals surface area contributed by atoms with E-state index in [1.54, 1.807) is 6.07 Å². The lowest BCUT2D eigenvalue weighted by atomic mass is 10.2. The second-order valence-corrected chi connectivity index (χ2v) is 4.93. The Morgan fingerprint density at radius 1 is 1.17 bits per heavy atom. The molecule has 0 atom stereocenters. The second kappa shape index (κ2) is 5.96. The van der Waals surface area contributed by atoms with Gasteiger partial charge in [-0.15, -0.1) is 0 Å². The molecule has 0 aliphatic carbocycles. The predicted molar refractivity (Wildman–Crippen MR) is 78.3 cm³/mol. The van der Waals surface area contributed by atoms with Gasteiger partial charge in [-0.2, -0.15) is 0 Å². The largest absolute Gasteiger partial charge is 0.350 e. The van der Waals surface area contributed by atoms with Crippen LogP contribution in [0.15, 0.2) is 42.6 Å². The van der Waals surface area contributed by atoms with Crippen LogP contribution in [-0.2, 0) is 0 Å². The smallest absolute Gasteiger partial charge is 0.280 e. The Balaban J connectivity index is 1.61. The molecule has 3 rings (SSSR count). The van der Waals surface area contributed by atoms with Gasteiger partial charge in [0, 0.05) is 24.8 Å². The highest BCUT2D eigenvalue weighted by Crippen LogP contribution is 2.19. The Labute approximate surface area is 130 Å². The van der Waals surface area contributed by atoms with Crippen LogP contribution < -0.4 is 5.32 Å². The van der Waals surface area contributed by atoms with Crippen molar-refractivity contribution in [3.8, 4) is 0 Å². The number of nitrogens with one attached hydrogen (secondary N) is 1. The Morgan fingerprint density at radius 2 is 2.00 bits per heavy atom. The fraction of sp³-hybridized carbons (Fsp3) is 0.125. The zero-order valence-electron chi connectivity index (χ0n) is 12.0. The first-order valence-electron chi connectivity index (χ1n) is 6.93. The molecule has 1 aromatic carbocycles. The number of nitrogens with zero attached hydrogens (tertiary/aromatic N) is 2. The van der Waals surface area contributed by atoms with Crippen LogP contribution in [0.3, 0.4) is 0 Å². The molecule has 0 unspecified atom stereocenters. The van der Waals surface area contributed by atoms with Gasteiger partial charge in [-0.1, -0.05) is 6.07 Å². The highest BCUT2D eigenvalue weighted by atomic mass is 19.1. The third-order valence-electron chi connectivity index (χ3n) is 3.44. The van der Waals surface area contributed by atoms with Crippen molar-refractivity contribution < 1.29 is 18.8 Å². The van der Waals surface area contributed by atoms with Crippen LogP contribution in [0, 0.1) is 5.82 Å². The third-order valence-corrected chi connectivity index (χ3v) is 3.44. The van der Waals surface area contributed by atoms with Gasteiger partial charge in [-0.05, 0) is 30.3 Å². The molecule has 2 heterocycles. The number of fused-ring (bicyclic) bond motifs is 1. The number of carbonyl (C=O) groups excluding carboxylic acids is 3. The number of rotatable bonds is 4. The number of amides is 3. The van der Waals surface area contributed by atoms with Crippen LogP contribution >= 0.6 is 0 Å². The zero-order chi connectivity index (χ0) is 16.4. The number of pyridine rings is 1. The molecule has 6 nitrogen and oxygen atoms in total. The predicted octanol–water partition coefficient (Wildman–Crippen LogP) is 1.25. The van der Waals surface area contributed by atoms with Gasteiger partial charge in [0.05, 0.1) is 5.56 Å². The van der Waals surface area contributed by atoms with Crippen molar-refractivity contribution in [3.05, 3.63) is 65.2 Å². The Bertz CT molecular complexity index is 772. The molecular weight excluding hydrogens is 301 g/mol. The van der Waals surface area contributed by atoms with Gasteiger partial charge in [0.25, 0.3) is 17.7 Å². The first-order valence-corrected chi connectivity index (χ1v) is 6.93. The molecule has 23 heavy (non-hydrogen) atoms. The van der Waals surface area contributed by atoms with Crippen molar-refractivity contribution in [3.63, 3.8) is 0 Å². The molecule has 2 aromatic rings. The molecule has 0 fully saturated rings. The summed E-state index contributed by atoms with van der Waals surface area (Å²) in [6.45, 7) is 0.0932. The summed E-state index contributed by atoms with van der Waals surface area (Å²) in [6.07, 6.45) is 1.44. The number of carbonyl (C=O) groups is 3. The third kappa shape index (κ3) is 2.80. The van der Waals surface area contributed by atoms with E-state index in [1.165, 1.54) is 30.5 Å². The molecule has 7 heteroatoms. The summed E-state index contributed by atoms with van der Waals surface area (Å²) in [5.74, 6) is -1.90. The van der Waals surface area contributed by atoms with Crippen molar-refractivity contribution >= 4 is 17.7 Å². The van der Waals surface area contributed by atoms with Crippen molar-refractivity contribution in [2.24, 2.45) is 0 Å². The number of hydrogen-bond acceptors (Lipinski definition) is 4. The molecule has 1 aliphatic heterocycles. The highest BCUT2D eigenvalue weighted by molar-refractivity contribution is 6.20. The summed E-state index contributed by atoms with van der Waals surface area (Å²) < 4.78 is 13.1. The molecule has 1 aliphatic rings. The fourth-order valence-electron chi connectivity index (χ4n) is 2.33. The van der Waals surface area contributed by atoms with E-state index in [-0.39, 0.29) is 29.9 Å². The van der Waals surface area contributed by atoms with Gasteiger partial charge in [-0.25, -0.2) is 4.39 Å². The van der Waals surface area contributed by atoms with Gasteiger partial charge in [-0.3, -0.25) is 24.3 Å². The lowest BCUT2D eigenvalue weighted by molar-refractivity contribution is 0.0648. The van der Waals surface area contributed by atoms with Crippen LogP contribution in [0.4, 0.5) is 4.39 Å². The van der Waals surface area contributed by atoms with E-state index in [0.717, 1.165) is 11.0 Å². The number of aromatic nitrogens is 1. The van der Waals surface area contributed by atoms with Crippen molar-refractivity contribution in [1.29, 1.82) is 0 Å². The van der Waals surface area contributed by atoms with Gasteiger partial charge in [0.15, 0.2) is 0 Å². The van der Waals surface area contributed by atoms with Crippen LogP contribution in [0.1, 0.15) is 31.2 Å². The Kier molecular flexibility index (Phi) is 3.84. The number of benzene rings is 1. The monoisotopic (exact) mass is 313 g/mol. The van der Waals surface area contributed by atoms with Crippen LogP contribution in [0.25, 0.3) is 0 Å². The van der Waals surface area contributed by atoms with Gasteiger partial charge in [0.1, 0.15) is 11.5 Å². The molecule has 0 saturated carbocycles. The molecule has 3 amide bonds. The average Bonchev–Trinajstić information content (AvgIpc) is 2.80. The second-order valence-electron chi connectivity index (χ2n) is 4.93. The fourth-order valence-corrected chi connectivity index (χ4v) is 2.33. The summed E-state index contributed by atoms with van der Waals surface area (Å²) in [4.78, 5) is 41.0. The van der Waals surface area contributed by atoms with Crippen LogP contribution in [-0.4, -0.2) is 40.7 Å². The van der Waals surface area contributed by atoms with E-state index in [0.29, 0.717) is 0 Å². The first-order chi connectivity index (χ1) is 11.1. The molecular formula is C16H12FN3O3. The lowest BCUT2D eigenvalue weighted by Gasteiger charge is -2.13. The quantitative estimate of drug-likeness (QED) is 0.862. The molecule has 1 N–H and O–H groups in total. The molecule has 0 saturated heterocycles. The molecule has 116 valence electrons. The molecule has 0 radical (unpaired) electrons. The molecule has 1 aromatic heterocycles. The van der Waals surface area contributed by atoms with E-state index >= 15 is 0 Å². The topological polar surface area (TPSA) is 79.4 Å². The standard InChI is InChI=1S/C16H12FN3O3/c17-11-4-1-3-10(9-11)14(21)19-7-8-20-15(22)12-5-2-6-18-13(12)16(20)23/h1-6,9H,7-8H2,(H,19,21). The summed E-state index contributed by atoms with van der Waals surface area (Å²) in [5.41, 5.74) is 0.553. The Hall–Kier alpha value is -3.09. The normalized spacial score (nSPS) is 13.2. The van der Waals surface area contributed by atoms with Crippen molar-refractivity contribution in [1.82, 2.24) is 15.2 Å². The van der Waals surface area contributed by atoms with Crippen LogP contribution in [0.2, 0.25) is 0 Å². The minimum absolute atomic E-state index is 0.0229. The summed E-state index contributed by atoms with van der Waals surface area (Å²) >= 11 is 0. The number of halogens is 1. The summed E-state index contributed by atoms with van der Waals surface area (Å²) in [7, 11) is 0. The van der Waals surface area contributed by atoms with E-state index in [1.807, 2.05) is 0 Å². The minimum Gasteiger partial charge on any atom is -0.350 e. The summed E-state index contributed by atoms with van der Waals surface area (Å²) in [6, 6.07) is 8.38. The van der Waals surface area contributed by atoms with Gasteiger partial charge in [0.2, 0.25) is 0 Å². The van der Waals surface area contributed by atoms with Gasteiger partial charge >= 0.3 is 0 Å². The van der Waals surface area contributed by atoms with E-state index in [4.69, 9.17) is 0 Å². The average molecular weight is 313 g/mol. The van der Waals surface area contributed by atoms with E-state index in [9.17, 15) is 18.8 Å². The number of imide groups is 1.